The van der Waals surface area contributed by atoms with Gasteiger partial charge in [-0.05, 0) is 18.8 Å². The van der Waals surface area contributed by atoms with E-state index in [2.05, 4.69) is 18.7 Å². The van der Waals surface area contributed by atoms with Crippen LogP contribution < -0.4 is 0 Å². The maximum absolute atomic E-state index is 10.4. The molecule has 1 heterocycles. The van der Waals surface area contributed by atoms with Crippen LogP contribution in [0.1, 0.15) is 33.1 Å². The molecule has 0 saturated carbocycles. The topological polar surface area (TPSA) is 59.0 Å². The number of hydrogen-bond donors (Lipinski definition) is 1. The van der Waals surface area contributed by atoms with Crippen LogP contribution in [-0.2, 0) is 14.3 Å². The minimum absolute atomic E-state index is 0.100. The summed E-state index contributed by atoms with van der Waals surface area (Å²) >= 11 is 0. The van der Waals surface area contributed by atoms with E-state index in [0.717, 1.165) is 45.7 Å². The van der Waals surface area contributed by atoms with Crippen molar-refractivity contribution in [3.63, 3.8) is 0 Å². The van der Waals surface area contributed by atoms with Gasteiger partial charge in [-0.2, -0.15) is 0 Å². The summed E-state index contributed by atoms with van der Waals surface area (Å²) in [5, 5.41) is 8.54. The number of hydrogen-bond acceptors (Lipinski definition) is 4. The van der Waals surface area contributed by atoms with E-state index in [1.54, 1.807) is 0 Å². The van der Waals surface area contributed by atoms with Crippen LogP contribution in [0.5, 0.6) is 0 Å². The molecule has 1 saturated heterocycles. The molecule has 0 aliphatic carbocycles. The highest BCUT2D eigenvalue weighted by atomic mass is 16.5. The smallest absolute Gasteiger partial charge is 0.305 e. The lowest BCUT2D eigenvalue weighted by Crippen LogP contribution is -2.39. The van der Waals surface area contributed by atoms with Gasteiger partial charge in [0.2, 0.25) is 0 Å². The van der Waals surface area contributed by atoms with E-state index in [1.165, 1.54) is 0 Å². The summed E-state index contributed by atoms with van der Waals surface area (Å²) in [5.41, 5.74) is 0. The predicted octanol–water partition coefficient (Wildman–Crippen LogP) is 1.61. The highest BCUT2D eigenvalue weighted by molar-refractivity contribution is 5.66. The maximum Gasteiger partial charge on any atom is 0.305 e. The van der Waals surface area contributed by atoms with Crippen LogP contribution in [0.2, 0.25) is 0 Å². The predicted molar refractivity (Wildman–Crippen MR) is 73.3 cm³/mol. The number of carboxylic acid groups (broad SMARTS) is 1. The van der Waals surface area contributed by atoms with Gasteiger partial charge in [-0.25, -0.2) is 0 Å². The first kappa shape index (κ1) is 16.4. The van der Waals surface area contributed by atoms with Crippen molar-refractivity contribution in [2.45, 2.75) is 39.2 Å². The second-order valence-corrected chi connectivity index (χ2v) is 5.52. The highest BCUT2D eigenvalue weighted by Crippen LogP contribution is 2.13. The van der Waals surface area contributed by atoms with Crippen molar-refractivity contribution < 1.29 is 19.4 Å². The standard InChI is InChI=1S/C14H27NO4/c1-12(2)11-18-10-8-15-6-3-13(4-7-15)19-9-5-14(16)17/h12-13H,3-11H2,1-2H3,(H,16,17). The Hall–Kier alpha value is -0.650. The Balaban J connectivity index is 2.00. The number of ether oxygens (including phenoxy) is 2. The summed E-state index contributed by atoms with van der Waals surface area (Å²) in [6, 6.07) is 0. The molecular weight excluding hydrogens is 246 g/mol. The molecule has 0 unspecified atom stereocenters. The summed E-state index contributed by atoms with van der Waals surface area (Å²) in [7, 11) is 0. The monoisotopic (exact) mass is 273 g/mol. The zero-order valence-corrected chi connectivity index (χ0v) is 12.1. The first-order chi connectivity index (χ1) is 9.08. The molecule has 1 aliphatic heterocycles. The molecule has 0 bridgehead atoms. The molecule has 1 rings (SSSR count). The van der Waals surface area contributed by atoms with Gasteiger partial charge >= 0.3 is 5.97 Å². The Labute approximate surface area is 115 Å². The van der Waals surface area contributed by atoms with E-state index in [9.17, 15) is 4.79 Å². The third kappa shape index (κ3) is 8.18. The molecule has 0 aromatic rings. The van der Waals surface area contributed by atoms with Crippen molar-refractivity contribution >= 4 is 5.97 Å². The molecule has 1 aliphatic rings. The van der Waals surface area contributed by atoms with E-state index in [1.807, 2.05) is 0 Å². The van der Waals surface area contributed by atoms with Crippen LogP contribution in [0, 0.1) is 5.92 Å². The van der Waals surface area contributed by atoms with Gasteiger partial charge in [-0.15, -0.1) is 0 Å². The number of aliphatic carboxylic acids is 1. The first-order valence-corrected chi connectivity index (χ1v) is 7.21. The fourth-order valence-corrected chi connectivity index (χ4v) is 2.13. The molecule has 0 amide bonds. The minimum atomic E-state index is -0.792. The number of carboxylic acids is 1. The summed E-state index contributed by atoms with van der Waals surface area (Å²) in [6.07, 6.45) is 2.31. The molecule has 0 radical (unpaired) electrons. The van der Waals surface area contributed by atoms with Gasteiger partial charge in [0.15, 0.2) is 0 Å². The van der Waals surface area contributed by atoms with E-state index in [4.69, 9.17) is 14.6 Å². The van der Waals surface area contributed by atoms with Crippen molar-refractivity contribution in [1.82, 2.24) is 4.90 Å². The van der Waals surface area contributed by atoms with Crippen LogP contribution >= 0.6 is 0 Å². The molecule has 1 fully saturated rings. The maximum atomic E-state index is 10.4. The van der Waals surface area contributed by atoms with Gasteiger partial charge in [-0.3, -0.25) is 4.79 Å². The van der Waals surface area contributed by atoms with Crippen LogP contribution in [-0.4, -0.2) is 61.5 Å². The second-order valence-electron chi connectivity index (χ2n) is 5.52. The van der Waals surface area contributed by atoms with Crippen LogP contribution in [0.15, 0.2) is 0 Å². The lowest BCUT2D eigenvalue weighted by molar-refractivity contribution is -0.138. The molecule has 5 heteroatoms. The Morgan fingerprint density at radius 3 is 2.58 bits per heavy atom. The normalized spacial score (nSPS) is 18.1. The average molecular weight is 273 g/mol. The molecule has 0 spiro atoms. The van der Waals surface area contributed by atoms with Crippen LogP contribution in [0.4, 0.5) is 0 Å². The fourth-order valence-electron chi connectivity index (χ4n) is 2.13. The van der Waals surface area contributed by atoms with Crippen molar-refractivity contribution in [2.24, 2.45) is 5.92 Å². The SMILES string of the molecule is CC(C)COCCN1CCC(OCCC(=O)O)CC1. The van der Waals surface area contributed by atoms with E-state index < -0.39 is 5.97 Å². The molecule has 19 heavy (non-hydrogen) atoms. The zero-order valence-electron chi connectivity index (χ0n) is 12.1. The Kier molecular flexibility index (Phi) is 8.02. The molecular formula is C14H27NO4. The number of likely N-dealkylation sites (tertiary alicyclic amines) is 1. The van der Waals surface area contributed by atoms with Gasteiger partial charge in [-0.1, -0.05) is 13.8 Å². The fraction of sp³-hybridized carbons (Fsp3) is 0.929. The van der Waals surface area contributed by atoms with Crippen molar-refractivity contribution in [3.05, 3.63) is 0 Å². The molecule has 112 valence electrons. The minimum Gasteiger partial charge on any atom is -0.481 e. The lowest BCUT2D eigenvalue weighted by atomic mass is 10.1. The van der Waals surface area contributed by atoms with E-state index in [-0.39, 0.29) is 12.5 Å². The summed E-state index contributed by atoms with van der Waals surface area (Å²) < 4.78 is 11.1. The quantitative estimate of drug-likeness (QED) is 0.647. The average Bonchev–Trinajstić information content (AvgIpc) is 2.36. The first-order valence-electron chi connectivity index (χ1n) is 7.21. The van der Waals surface area contributed by atoms with Gasteiger partial charge < -0.3 is 19.5 Å². The van der Waals surface area contributed by atoms with Gasteiger partial charge in [0.1, 0.15) is 0 Å². The van der Waals surface area contributed by atoms with E-state index >= 15 is 0 Å². The Morgan fingerprint density at radius 1 is 1.32 bits per heavy atom. The zero-order chi connectivity index (χ0) is 14.1. The molecule has 1 N–H and O–H groups in total. The summed E-state index contributed by atoms with van der Waals surface area (Å²) in [4.78, 5) is 12.8. The largest absolute Gasteiger partial charge is 0.481 e. The Bertz CT molecular complexity index is 250. The van der Waals surface area contributed by atoms with Gasteiger partial charge in [0.05, 0.1) is 25.7 Å². The van der Waals surface area contributed by atoms with Crippen LogP contribution in [0.25, 0.3) is 0 Å². The number of rotatable bonds is 9. The third-order valence-electron chi connectivity index (χ3n) is 3.21. The Morgan fingerprint density at radius 2 is 2.00 bits per heavy atom. The lowest BCUT2D eigenvalue weighted by Gasteiger charge is -2.31. The number of nitrogens with zero attached hydrogens (tertiary/aromatic N) is 1. The van der Waals surface area contributed by atoms with E-state index in [0.29, 0.717) is 12.5 Å². The van der Waals surface area contributed by atoms with Gasteiger partial charge in [0.25, 0.3) is 0 Å². The van der Waals surface area contributed by atoms with Crippen LogP contribution in [0.3, 0.4) is 0 Å². The van der Waals surface area contributed by atoms with Gasteiger partial charge in [0, 0.05) is 26.2 Å². The van der Waals surface area contributed by atoms with Crippen molar-refractivity contribution in [2.75, 3.05) is 39.5 Å². The van der Waals surface area contributed by atoms with Crippen molar-refractivity contribution in [3.8, 4) is 0 Å². The summed E-state index contributed by atoms with van der Waals surface area (Å²) in [6.45, 7) is 9.27. The van der Waals surface area contributed by atoms with Crippen molar-refractivity contribution in [1.29, 1.82) is 0 Å². The number of piperidine rings is 1. The molecule has 0 aromatic heterocycles. The number of carbonyl (C=O) groups is 1. The highest BCUT2D eigenvalue weighted by Gasteiger charge is 2.19. The summed E-state index contributed by atoms with van der Waals surface area (Å²) in [5.74, 6) is -0.201. The molecule has 0 aromatic carbocycles. The molecule has 0 atom stereocenters. The molecule has 5 nitrogen and oxygen atoms in total. The second kappa shape index (κ2) is 9.28. The third-order valence-corrected chi connectivity index (χ3v) is 3.21.